The first-order valence-corrected chi connectivity index (χ1v) is 9.38. The van der Waals surface area contributed by atoms with Crippen LogP contribution in [0.5, 0.6) is 11.5 Å². The lowest BCUT2D eigenvalue weighted by Crippen LogP contribution is -2.16. The number of nitrogens with zero attached hydrogens (tertiary/aromatic N) is 1. The number of rotatable bonds is 6. The Morgan fingerprint density at radius 3 is 2.50 bits per heavy atom. The first-order valence-electron chi connectivity index (χ1n) is 9.38. The van der Waals surface area contributed by atoms with Gasteiger partial charge in [-0.2, -0.15) is 5.26 Å². The zero-order valence-corrected chi connectivity index (χ0v) is 16.3. The van der Waals surface area contributed by atoms with Crippen molar-refractivity contribution in [3.63, 3.8) is 0 Å². The fourth-order valence-corrected chi connectivity index (χ4v) is 3.06. The van der Waals surface area contributed by atoms with E-state index in [1.54, 1.807) is 24.3 Å². The highest BCUT2D eigenvalue weighted by atomic mass is 19.4. The average Bonchev–Trinajstić information content (AvgIpc) is 2.71. The SMILES string of the molecule is CC1=CCC(COc2ccc(-c3ccc(OC(F)(F)F)cc3)cc2/C=C/C#N)C=C1. The highest BCUT2D eigenvalue weighted by Crippen LogP contribution is 2.31. The van der Waals surface area contributed by atoms with Crippen LogP contribution in [0.15, 0.2) is 72.3 Å². The summed E-state index contributed by atoms with van der Waals surface area (Å²) in [4.78, 5) is 0. The average molecular weight is 411 g/mol. The second-order valence-corrected chi connectivity index (χ2v) is 6.90. The Labute approximate surface area is 173 Å². The van der Waals surface area contributed by atoms with Gasteiger partial charge in [-0.1, -0.05) is 42.0 Å². The van der Waals surface area contributed by atoms with E-state index in [-0.39, 0.29) is 11.7 Å². The van der Waals surface area contributed by atoms with Crippen molar-refractivity contribution < 1.29 is 22.6 Å². The highest BCUT2D eigenvalue weighted by molar-refractivity contribution is 5.71. The van der Waals surface area contributed by atoms with E-state index in [0.29, 0.717) is 12.4 Å². The molecule has 0 fully saturated rings. The van der Waals surface area contributed by atoms with Crippen molar-refractivity contribution in [1.82, 2.24) is 0 Å². The Bertz CT molecular complexity index is 1010. The maximum atomic E-state index is 12.3. The Balaban J connectivity index is 1.78. The number of nitriles is 1. The topological polar surface area (TPSA) is 42.2 Å². The molecule has 3 nitrogen and oxygen atoms in total. The van der Waals surface area contributed by atoms with Gasteiger partial charge in [-0.3, -0.25) is 0 Å². The Morgan fingerprint density at radius 1 is 1.13 bits per heavy atom. The van der Waals surface area contributed by atoms with Crippen LogP contribution < -0.4 is 9.47 Å². The zero-order chi connectivity index (χ0) is 21.6. The molecule has 0 radical (unpaired) electrons. The molecule has 3 rings (SSSR count). The van der Waals surface area contributed by atoms with Crippen LogP contribution >= 0.6 is 0 Å². The highest BCUT2D eigenvalue weighted by Gasteiger charge is 2.30. The van der Waals surface area contributed by atoms with Crippen molar-refractivity contribution in [1.29, 1.82) is 5.26 Å². The molecule has 2 aromatic rings. The molecule has 0 N–H and O–H groups in total. The van der Waals surface area contributed by atoms with Gasteiger partial charge in [0.25, 0.3) is 0 Å². The van der Waals surface area contributed by atoms with Crippen LogP contribution in [0.4, 0.5) is 13.2 Å². The van der Waals surface area contributed by atoms with Gasteiger partial charge in [0.2, 0.25) is 0 Å². The predicted octanol–water partition coefficient (Wildman–Crippen LogP) is 6.69. The van der Waals surface area contributed by atoms with E-state index in [9.17, 15) is 13.2 Å². The molecule has 0 aliphatic heterocycles. The van der Waals surface area contributed by atoms with Crippen LogP contribution in [-0.4, -0.2) is 13.0 Å². The van der Waals surface area contributed by atoms with E-state index in [4.69, 9.17) is 10.00 Å². The quantitative estimate of drug-likeness (QED) is 0.497. The molecule has 0 saturated heterocycles. The van der Waals surface area contributed by atoms with Crippen molar-refractivity contribution in [2.24, 2.45) is 5.92 Å². The van der Waals surface area contributed by atoms with Crippen LogP contribution in [0.3, 0.4) is 0 Å². The van der Waals surface area contributed by atoms with Crippen molar-refractivity contribution >= 4 is 6.08 Å². The number of alkyl halides is 3. The summed E-state index contributed by atoms with van der Waals surface area (Å²) in [6.07, 6.45) is 5.57. The van der Waals surface area contributed by atoms with Crippen LogP contribution in [0, 0.1) is 17.2 Å². The van der Waals surface area contributed by atoms with Crippen LogP contribution in [0.25, 0.3) is 17.2 Å². The first-order chi connectivity index (χ1) is 14.3. The van der Waals surface area contributed by atoms with Gasteiger partial charge in [-0.15, -0.1) is 13.2 Å². The smallest absolute Gasteiger partial charge is 0.492 e. The molecule has 1 aliphatic carbocycles. The summed E-state index contributed by atoms with van der Waals surface area (Å²) in [5, 5.41) is 8.89. The molecule has 6 heteroatoms. The molecule has 0 aromatic heterocycles. The van der Waals surface area contributed by atoms with Crippen molar-refractivity contribution in [3.05, 3.63) is 77.9 Å². The molecule has 2 aromatic carbocycles. The maximum absolute atomic E-state index is 12.3. The summed E-state index contributed by atoms with van der Waals surface area (Å²) < 4.78 is 46.9. The van der Waals surface area contributed by atoms with Gasteiger partial charge < -0.3 is 9.47 Å². The summed E-state index contributed by atoms with van der Waals surface area (Å²) in [5.74, 6) is 0.643. The number of hydrogen-bond acceptors (Lipinski definition) is 3. The number of allylic oxidation sites excluding steroid dienone is 4. The molecule has 0 amide bonds. The molecular formula is C24H20F3NO2. The second kappa shape index (κ2) is 9.36. The van der Waals surface area contributed by atoms with Gasteiger partial charge >= 0.3 is 6.36 Å². The first kappa shape index (κ1) is 21.3. The van der Waals surface area contributed by atoms with Gasteiger partial charge in [0.15, 0.2) is 0 Å². The number of ether oxygens (including phenoxy) is 2. The molecule has 1 aliphatic rings. The lowest BCUT2D eigenvalue weighted by Gasteiger charge is -2.17. The Hall–Kier alpha value is -3.46. The normalized spacial score (nSPS) is 16.2. The number of benzene rings is 2. The molecule has 30 heavy (non-hydrogen) atoms. The maximum Gasteiger partial charge on any atom is 0.573 e. The monoisotopic (exact) mass is 411 g/mol. The second-order valence-electron chi connectivity index (χ2n) is 6.90. The molecule has 154 valence electrons. The van der Waals surface area contributed by atoms with Crippen LogP contribution in [0.2, 0.25) is 0 Å². The molecule has 0 bridgehead atoms. The van der Waals surface area contributed by atoms with E-state index >= 15 is 0 Å². The molecule has 1 unspecified atom stereocenters. The Morgan fingerprint density at radius 2 is 1.87 bits per heavy atom. The van der Waals surface area contributed by atoms with Gasteiger partial charge in [0.1, 0.15) is 11.5 Å². The largest absolute Gasteiger partial charge is 0.573 e. The molecular weight excluding hydrogens is 391 g/mol. The van der Waals surface area contributed by atoms with Gasteiger partial charge in [-0.25, -0.2) is 0 Å². The van der Waals surface area contributed by atoms with Gasteiger partial charge in [-0.05, 0) is 54.8 Å². The predicted molar refractivity (Wildman–Crippen MR) is 110 cm³/mol. The summed E-state index contributed by atoms with van der Waals surface area (Å²) >= 11 is 0. The zero-order valence-electron chi connectivity index (χ0n) is 16.3. The summed E-state index contributed by atoms with van der Waals surface area (Å²) in [6, 6.07) is 13.1. The number of hydrogen-bond donors (Lipinski definition) is 0. The van der Waals surface area contributed by atoms with Crippen molar-refractivity contribution in [2.75, 3.05) is 6.61 Å². The van der Waals surface area contributed by atoms with Crippen molar-refractivity contribution in [2.45, 2.75) is 19.7 Å². The van der Waals surface area contributed by atoms with Crippen molar-refractivity contribution in [3.8, 4) is 28.7 Å². The molecule has 0 heterocycles. The van der Waals surface area contributed by atoms with E-state index < -0.39 is 6.36 Å². The van der Waals surface area contributed by atoms with Crippen LogP contribution in [-0.2, 0) is 0 Å². The summed E-state index contributed by atoms with van der Waals surface area (Å²) in [7, 11) is 0. The third kappa shape index (κ3) is 6.02. The van der Waals surface area contributed by atoms with E-state index in [0.717, 1.165) is 23.1 Å². The van der Waals surface area contributed by atoms with Gasteiger partial charge in [0, 0.05) is 17.6 Å². The summed E-state index contributed by atoms with van der Waals surface area (Å²) in [6.45, 7) is 2.56. The minimum absolute atomic E-state index is 0.277. The minimum atomic E-state index is -4.72. The molecule has 0 spiro atoms. The van der Waals surface area contributed by atoms with E-state index in [1.807, 2.05) is 18.2 Å². The number of halogens is 3. The minimum Gasteiger partial charge on any atom is -0.492 e. The molecule has 1 atom stereocenters. The lowest BCUT2D eigenvalue weighted by atomic mass is 9.98. The van der Waals surface area contributed by atoms with E-state index in [1.165, 1.54) is 23.8 Å². The third-order valence-corrected chi connectivity index (χ3v) is 4.60. The van der Waals surface area contributed by atoms with Crippen LogP contribution in [0.1, 0.15) is 18.9 Å². The fourth-order valence-electron chi connectivity index (χ4n) is 3.06. The van der Waals surface area contributed by atoms with Gasteiger partial charge in [0.05, 0.1) is 12.7 Å². The van der Waals surface area contributed by atoms with E-state index in [2.05, 4.69) is 29.9 Å². The fraction of sp³-hybridized carbons (Fsp3) is 0.208. The third-order valence-electron chi connectivity index (χ3n) is 4.60. The lowest BCUT2D eigenvalue weighted by molar-refractivity contribution is -0.274. The standard InChI is InChI=1S/C24H20F3NO2/c1-17-4-6-18(7-5-17)16-29-23-13-10-20(15-21(23)3-2-14-28)19-8-11-22(12-9-19)30-24(25,26)27/h2-6,8-13,15,18H,7,16H2,1H3/b3-2+. The molecule has 0 saturated carbocycles. The Kier molecular flexibility index (Phi) is 6.63. The summed E-state index contributed by atoms with van der Waals surface area (Å²) in [5.41, 5.74) is 3.46.